The van der Waals surface area contributed by atoms with Gasteiger partial charge in [-0.25, -0.2) is 4.79 Å². The van der Waals surface area contributed by atoms with Gasteiger partial charge < -0.3 is 4.42 Å². The fraction of sp³-hybridized carbons (Fsp3) is 0.455. The van der Waals surface area contributed by atoms with Crippen molar-refractivity contribution in [2.45, 2.75) is 33.1 Å². The second kappa shape index (κ2) is 3.08. The zero-order valence-electron chi connectivity index (χ0n) is 8.35. The lowest BCUT2D eigenvalue weighted by Gasteiger charge is -2.15. The van der Waals surface area contributed by atoms with Gasteiger partial charge in [0, 0.05) is 18.4 Å². The summed E-state index contributed by atoms with van der Waals surface area (Å²) in [4.78, 5) is 22.9. The Labute approximate surface area is 81.7 Å². The number of carbonyl (C=O) groups excluding carboxylic acids is 1. The number of hydrogen-bond acceptors (Lipinski definition) is 3. The standard InChI is InChI=1S/C11H12O3/c1-6-7(2)11(13)14-9-5-3-4-8(12)10(6)9/h3-5H2,1-2H3. The van der Waals surface area contributed by atoms with Crippen molar-refractivity contribution < 1.29 is 9.21 Å². The molecule has 0 unspecified atom stereocenters. The lowest BCUT2D eigenvalue weighted by molar-refractivity contribution is 0.0965. The average molecular weight is 192 g/mol. The van der Waals surface area contributed by atoms with Gasteiger partial charge in [0.1, 0.15) is 5.76 Å². The lowest BCUT2D eigenvalue weighted by Crippen LogP contribution is -2.19. The van der Waals surface area contributed by atoms with Crippen LogP contribution in [-0.2, 0) is 6.42 Å². The van der Waals surface area contributed by atoms with E-state index in [1.54, 1.807) is 6.92 Å². The van der Waals surface area contributed by atoms with Gasteiger partial charge in [-0.1, -0.05) is 0 Å². The van der Waals surface area contributed by atoms with Crippen molar-refractivity contribution in [1.82, 2.24) is 0 Å². The molecule has 0 spiro atoms. The minimum Gasteiger partial charge on any atom is -0.427 e. The molecule has 74 valence electrons. The number of aryl methyl sites for hydroxylation is 1. The van der Waals surface area contributed by atoms with Crippen molar-refractivity contribution in [3.05, 3.63) is 32.9 Å². The normalized spacial score (nSPS) is 15.4. The third-order valence-corrected chi connectivity index (χ3v) is 2.82. The van der Waals surface area contributed by atoms with Crippen LogP contribution in [0.3, 0.4) is 0 Å². The first kappa shape index (κ1) is 9.19. The Morgan fingerprint density at radius 1 is 1.07 bits per heavy atom. The molecule has 0 bridgehead atoms. The number of ketones is 1. The van der Waals surface area contributed by atoms with Crippen LogP contribution in [0.4, 0.5) is 0 Å². The van der Waals surface area contributed by atoms with E-state index in [9.17, 15) is 9.59 Å². The fourth-order valence-corrected chi connectivity index (χ4v) is 1.86. The molecule has 2 rings (SSSR count). The van der Waals surface area contributed by atoms with E-state index in [4.69, 9.17) is 4.42 Å². The fourth-order valence-electron chi connectivity index (χ4n) is 1.86. The Morgan fingerprint density at radius 2 is 1.79 bits per heavy atom. The first-order valence-electron chi connectivity index (χ1n) is 4.77. The largest absolute Gasteiger partial charge is 0.427 e. The Morgan fingerprint density at radius 3 is 2.50 bits per heavy atom. The van der Waals surface area contributed by atoms with Crippen molar-refractivity contribution in [3.63, 3.8) is 0 Å². The second-order valence-corrected chi connectivity index (χ2v) is 3.71. The molecule has 3 heteroatoms. The molecule has 0 atom stereocenters. The van der Waals surface area contributed by atoms with E-state index in [1.165, 1.54) is 0 Å². The van der Waals surface area contributed by atoms with E-state index in [1.807, 2.05) is 6.92 Å². The number of carbonyl (C=O) groups is 1. The summed E-state index contributed by atoms with van der Waals surface area (Å²) in [5.74, 6) is 0.685. The van der Waals surface area contributed by atoms with Crippen LogP contribution < -0.4 is 5.63 Å². The topological polar surface area (TPSA) is 47.3 Å². The lowest BCUT2D eigenvalue weighted by atomic mass is 9.91. The molecule has 0 saturated carbocycles. The highest BCUT2D eigenvalue weighted by atomic mass is 16.4. The monoisotopic (exact) mass is 192 g/mol. The van der Waals surface area contributed by atoms with E-state index in [2.05, 4.69) is 0 Å². The van der Waals surface area contributed by atoms with Crippen molar-refractivity contribution >= 4 is 5.78 Å². The van der Waals surface area contributed by atoms with Gasteiger partial charge in [-0.3, -0.25) is 4.79 Å². The molecule has 1 aromatic rings. The summed E-state index contributed by atoms with van der Waals surface area (Å²) in [6, 6.07) is 0. The van der Waals surface area contributed by atoms with E-state index in [-0.39, 0.29) is 11.4 Å². The predicted octanol–water partition coefficient (Wildman–Crippen LogP) is 1.78. The predicted molar refractivity (Wildman–Crippen MR) is 51.7 cm³/mol. The smallest absolute Gasteiger partial charge is 0.339 e. The molecule has 0 saturated heterocycles. The number of fused-ring (bicyclic) bond motifs is 1. The van der Waals surface area contributed by atoms with Crippen LogP contribution in [0, 0.1) is 13.8 Å². The highest BCUT2D eigenvalue weighted by Gasteiger charge is 2.23. The molecule has 1 aromatic heterocycles. The van der Waals surface area contributed by atoms with Crippen LogP contribution in [0.2, 0.25) is 0 Å². The first-order valence-corrected chi connectivity index (χ1v) is 4.77. The summed E-state index contributed by atoms with van der Waals surface area (Å²) in [6.07, 6.45) is 2.07. The Balaban J connectivity index is 2.77. The van der Waals surface area contributed by atoms with Crippen LogP contribution in [0.25, 0.3) is 0 Å². The third-order valence-electron chi connectivity index (χ3n) is 2.82. The number of Topliss-reactive ketones (excluding diaryl/α,β-unsaturated/α-hetero) is 1. The summed E-state index contributed by atoms with van der Waals surface area (Å²) >= 11 is 0. The Bertz CT molecular complexity index is 454. The number of hydrogen-bond donors (Lipinski definition) is 0. The summed E-state index contributed by atoms with van der Waals surface area (Å²) in [6.45, 7) is 3.51. The zero-order valence-corrected chi connectivity index (χ0v) is 8.35. The molecular weight excluding hydrogens is 180 g/mol. The molecule has 0 aliphatic heterocycles. The Kier molecular flexibility index (Phi) is 2.02. The van der Waals surface area contributed by atoms with E-state index >= 15 is 0 Å². The quantitative estimate of drug-likeness (QED) is 0.629. The van der Waals surface area contributed by atoms with Gasteiger partial charge >= 0.3 is 5.63 Å². The van der Waals surface area contributed by atoms with Crippen LogP contribution >= 0.6 is 0 Å². The third kappa shape index (κ3) is 1.20. The van der Waals surface area contributed by atoms with Gasteiger partial charge in [0.15, 0.2) is 5.78 Å². The molecule has 0 fully saturated rings. The molecular formula is C11H12O3. The minimum atomic E-state index is -0.309. The van der Waals surface area contributed by atoms with Gasteiger partial charge in [-0.15, -0.1) is 0 Å². The van der Waals surface area contributed by atoms with Crippen molar-refractivity contribution in [2.75, 3.05) is 0 Å². The van der Waals surface area contributed by atoms with Crippen LogP contribution in [0.15, 0.2) is 9.21 Å². The average Bonchev–Trinajstić information content (AvgIpc) is 2.14. The second-order valence-electron chi connectivity index (χ2n) is 3.71. The maximum atomic E-state index is 11.6. The first-order chi connectivity index (χ1) is 6.61. The van der Waals surface area contributed by atoms with Crippen LogP contribution in [-0.4, -0.2) is 5.78 Å². The molecule has 1 heterocycles. The summed E-state index contributed by atoms with van der Waals surface area (Å²) in [5, 5.41) is 0. The van der Waals surface area contributed by atoms with Gasteiger partial charge in [0.25, 0.3) is 0 Å². The van der Waals surface area contributed by atoms with Crippen molar-refractivity contribution in [3.8, 4) is 0 Å². The number of rotatable bonds is 0. The van der Waals surface area contributed by atoms with E-state index < -0.39 is 0 Å². The Hall–Kier alpha value is -1.38. The molecule has 14 heavy (non-hydrogen) atoms. The van der Waals surface area contributed by atoms with Crippen LogP contribution in [0.5, 0.6) is 0 Å². The molecule has 0 N–H and O–H groups in total. The maximum Gasteiger partial charge on any atom is 0.339 e. The molecule has 1 aliphatic carbocycles. The van der Waals surface area contributed by atoms with Gasteiger partial charge in [-0.2, -0.15) is 0 Å². The molecule has 1 aliphatic rings. The summed E-state index contributed by atoms with van der Waals surface area (Å²) in [7, 11) is 0. The highest BCUT2D eigenvalue weighted by molar-refractivity contribution is 5.99. The van der Waals surface area contributed by atoms with Crippen LogP contribution in [0.1, 0.15) is 40.1 Å². The summed E-state index contributed by atoms with van der Waals surface area (Å²) in [5.41, 5.74) is 1.68. The molecule has 3 nitrogen and oxygen atoms in total. The van der Waals surface area contributed by atoms with Gasteiger partial charge in [-0.05, 0) is 25.8 Å². The maximum absolute atomic E-state index is 11.6. The summed E-state index contributed by atoms with van der Waals surface area (Å²) < 4.78 is 5.11. The molecule has 0 aromatic carbocycles. The van der Waals surface area contributed by atoms with Crippen molar-refractivity contribution in [1.29, 1.82) is 0 Å². The minimum absolute atomic E-state index is 0.107. The van der Waals surface area contributed by atoms with E-state index in [0.717, 1.165) is 12.0 Å². The van der Waals surface area contributed by atoms with Crippen molar-refractivity contribution in [2.24, 2.45) is 0 Å². The zero-order chi connectivity index (χ0) is 10.3. The van der Waals surface area contributed by atoms with E-state index in [0.29, 0.717) is 29.7 Å². The molecule has 0 radical (unpaired) electrons. The molecule has 0 amide bonds. The van der Waals surface area contributed by atoms with Gasteiger partial charge in [0.05, 0.1) is 5.56 Å². The SMILES string of the molecule is Cc1c2c(oc(=O)c1C)CCCC2=O. The van der Waals surface area contributed by atoms with Gasteiger partial charge in [0.2, 0.25) is 0 Å². The highest BCUT2D eigenvalue weighted by Crippen LogP contribution is 2.24.